The van der Waals surface area contributed by atoms with Gasteiger partial charge in [0.15, 0.2) is 0 Å². The topological polar surface area (TPSA) is 49.4 Å². The Balaban J connectivity index is 2.38. The fourth-order valence-corrected chi connectivity index (χ4v) is 2.28. The third kappa shape index (κ3) is 2.11. The van der Waals surface area contributed by atoms with Gasteiger partial charge >= 0.3 is 6.03 Å². The summed E-state index contributed by atoms with van der Waals surface area (Å²) in [6, 6.07) is 7.50. The Hall–Kier alpha value is -1.84. The lowest BCUT2D eigenvalue weighted by atomic mass is 9.84. The van der Waals surface area contributed by atoms with E-state index in [0.29, 0.717) is 0 Å². The number of imide groups is 1. The van der Waals surface area contributed by atoms with Gasteiger partial charge in [-0.1, -0.05) is 45.0 Å². The molecule has 1 aromatic carbocycles. The molecule has 0 bridgehead atoms. The quantitative estimate of drug-likeness (QED) is 0.788. The summed E-state index contributed by atoms with van der Waals surface area (Å²) in [5.41, 5.74) is 1.12. The number of amides is 3. The van der Waals surface area contributed by atoms with Crippen molar-refractivity contribution in [2.24, 2.45) is 0 Å². The molecule has 19 heavy (non-hydrogen) atoms. The Morgan fingerprint density at radius 3 is 2.00 bits per heavy atom. The Morgan fingerprint density at radius 1 is 1.11 bits per heavy atom. The van der Waals surface area contributed by atoms with Crippen molar-refractivity contribution in [3.05, 3.63) is 35.4 Å². The predicted molar refractivity (Wildman–Crippen MR) is 73.8 cm³/mol. The van der Waals surface area contributed by atoms with Gasteiger partial charge in [-0.25, -0.2) is 4.79 Å². The fourth-order valence-electron chi connectivity index (χ4n) is 2.28. The van der Waals surface area contributed by atoms with E-state index in [4.69, 9.17) is 0 Å². The summed E-state index contributed by atoms with van der Waals surface area (Å²) in [6.07, 6.45) is 0. The van der Waals surface area contributed by atoms with E-state index in [2.05, 4.69) is 26.1 Å². The number of rotatable bonds is 1. The zero-order chi connectivity index (χ0) is 14.4. The Kier molecular flexibility index (Phi) is 2.92. The number of nitrogens with zero attached hydrogens (tertiary/aromatic N) is 1. The molecule has 1 aliphatic heterocycles. The smallest absolute Gasteiger partial charge is 0.319 e. The second-order valence-corrected chi connectivity index (χ2v) is 6.25. The standard InChI is InChI=1S/C15H20N2O2/c1-14(2,3)10-6-8-11(9-7-10)15(4)12(18)17(5)13(19)16-15/h6-9H,1-5H3,(H,16,19). The van der Waals surface area contributed by atoms with Crippen LogP contribution < -0.4 is 5.32 Å². The summed E-state index contributed by atoms with van der Waals surface area (Å²) in [6.45, 7) is 8.16. The van der Waals surface area contributed by atoms with Crippen LogP contribution in [-0.2, 0) is 15.7 Å². The first-order valence-electron chi connectivity index (χ1n) is 6.37. The molecule has 0 aromatic heterocycles. The highest BCUT2D eigenvalue weighted by atomic mass is 16.2. The molecule has 1 unspecified atom stereocenters. The molecule has 1 aliphatic rings. The largest absolute Gasteiger partial charge is 0.325 e. The zero-order valence-electron chi connectivity index (χ0n) is 12.1. The van der Waals surface area contributed by atoms with Crippen molar-refractivity contribution < 1.29 is 9.59 Å². The molecule has 2 rings (SSSR count). The minimum Gasteiger partial charge on any atom is -0.319 e. The monoisotopic (exact) mass is 260 g/mol. The summed E-state index contributed by atoms with van der Waals surface area (Å²) < 4.78 is 0. The van der Waals surface area contributed by atoms with Gasteiger partial charge in [-0.15, -0.1) is 0 Å². The van der Waals surface area contributed by atoms with E-state index >= 15 is 0 Å². The average Bonchev–Trinajstić information content (AvgIpc) is 2.54. The minimum absolute atomic E-state index is 0.0686. The number of urea groups is 1. The summed E-state index contributed by atoms with van der Waals surface area (Å²) >= 11 is 0. The zero-order valence-corrected chi connectivity index (χ0v) is 12.1. The normalized spacial score (nSPS) is 23.7. The predicted octanol–water partition coefficient (Wildman–Crippen LogP) is 2.38. The second-order valence-electron chi connectivity index (χ2n) is 6.25. The van der Waals surface area contributed by atoms with E-state index in [9.17, 15) is 9.59 Å². The first-order valence-corrected chi connectivity index (χ1v) is 6.37. The second kappa shape index (κ2) is 4.08. The van der Waals surface area contributed by atoms with Crippen LogP contribution in [-0.4, -0.2) is 23.9 Å². The van der Waals surface area contributed by atoms with Gasteiger partial charge in [0.2, 0.25) is 0 Å². The molecule has 1 atom stereocenters. The maximum absolute atomic E-state index is 12.2. The molecule has 1 saturated heterocycles. The summed E-state index contributed by atoms with van der Waals surface area (Å²) in [4.78, 5) is 24.9. The van der Waals surface area contributed by atoms with Crippen molar-refractivity contribution in [1.82, 2.24) is 10.2 Å². The van der Waals surface area contributed by atoms with E-state index in [0.717, 1.165) is 10.5 Å². The van der Waals surface area contributed by atoms with Crippen molar-refractivity contribution in [3.63, 3.8) is 0 Å². The van der Waals surface area contributed by atoms with Crippen molar-refractivity contribution in [2.75, 3.05) is 7.05 Å². The first-order chi connectivity index (χ1) is 8.66. The SMILES string of the molecule is CN1C(=O)NC(C)(c2ccc(C(C)(C)C)cc2)C1=O. The molecule has 102 valence electrons. The molecule has 0 aliphatic carbocycles. The van der Waals surface area contributed by atoms with Gasteiger partial charge in [0.1, 0.15) is 5.54 Å². The van der Waals surface area contributed by atoms with Crippen molar-refractivity contribution >= 4 is 11.9 Å². The third-order valence-electron chi connectivity index (χ3n) is 3.72. The molecular formula is C15H20N2O2. The van der Waals surface area contributed by atoms with Crippen LogP contribution in [0.15, 0.2) is 24.3 Å². The number of hydrogen-bond donors (Lipinski definition) is 1. The number of nitrogens with one attached hydrogen (secondary N) is 1. The van der Waals surface area contributed by atoms with Crippen LogP contribution in [0.2, 0.25) is 0 Å². The highest BCUT2D eigenvalue weighted by Crippen LogP contribution is 2.30. The number of hydrogen-bond acceptors (Lipinski definition) is 2. The van der Waals surface area contributed by atoms with E-state index in [1.165, 1.54) is 12.6 Å². The first kappa shape index (κ1) is 13.6. The van der Waals surface area contributed by atoms with Gasteiger partial charge in [0, 0.05) is 7.05 Å². The summed E-state index contributed by atoms with van der Waals surface area (Å²) in [7, 11) is 1.49. The van der Waals surface area contributed by atoms with Crippen LogP contribution in [0.4, 0.5) is 4.79 Å². The van der Waals surface area contributed by atoms with E-state index in [-0.39, 0.29) is 17.4 Å². The van der Waals surface area contributed by atoms with E-state index in [1.54, 1.807) is 6.92 Å². The molecular weight excluding hydrogens is 240 g/mol. The lowest BCUT2D eigenvalue weighted by Gasteiger charge is -2.24. The Morgan fingerprint density at radius 2 is 1.63 bits per heavy atom. The number of carbonyl (C=O) groups excluding carboxylic acids is 2. The van der Waals surface area contributed by atoms with Crippen LogP contribution in [0.25, 0.3) is 0 Å². The third-order valence-corrected chi connectivity index (χ3v) is 3.72. The molecule has 1 fully saturated rings. The highest BCUT2D eigenvalue weighted by Gasteiger charge is 2.47. The Bertz CT molecular complexity index is 528. The average molecular weight is 260 g/mol. The minimum atomic E-state index is -0.956. The molecule has 1 N–H and O–H groups in total. The van der Waals surface area contributed by atoms with Crippen LogP contribution >= 0.6 is 0 Å². The van der Waals surface area contributed by atoms with E-state index in [1.807, 2.05) is 24.3 Å². The van der Waals surface area contributed by atoms with Crippen LogP contribution in [0.1, 0.15) is 38.8 Å². The number of likely N-dealkylation sites (N-methyl/N-ethyl adjacent to an activating group) is 1. The van der Waals surface area contributed by atoms with Gasteiger partial charge in [0.25, 0.3) is 5.91 Å². The highest BCUT2D eigenvalue weighted by molar-refractivity contribution is 6.06. The van der Waals surface area contributed by atoms with Gasteiger partial charge in [-0.2, -0.15) is 0 Å². The number of carbonyl (C=O) groups is 2. The van der Waals surface area contributed by atoms with Crippen molar-refractivity contribution in [2.45, 2.75) is 38.6 Å². The van der Waals surface area contributed by atoms with Crippen molar-refractivity contribution in [3.8, 4) is 0 Å². The molecule has 4 nitrogen and oxygen atoms in total. The molecule has 0 saturated carbocycles. The lowest BCUT2D eigenvalue weighted by Crippen LogP contribution is -2.40. The maximum Gasteiger partial charge on any atom is 0.325 e. The van der Waals surface area contributed by atoms with Gasteiger partial charge in [0.05, 0.1) is 0 Å². The van der Waals surface area contributed by atoms with Crippen molar-refractivity contribution in [1.29, 1.82) is 0 Å². The van der Waals surface area contributed by atoms with E-state index < -0.39 is 5.54 Å². The van der Waals surface area contributed by atoms with Gasteiger partial charge < -0.3 is 5.32 Å². The van der Waals surface area contributed by atoms with Gasteiger partial charge in [-0.3, -0.25) is 9.69 Å². The van der Waals surface area contributed by atoms with Crippen LogP contribution in [0, 0.1) is 0 Å². The molecule has 4 heteroatoms. The summed E-state index contributed by atoms with van der Waals surface area (Å²) in [5.74, 6) is -0.221. The molecule has 1 heterocycles. The molecule has 3 amide bonds. The summed E-state index contributed by atoms with van der Waals surface area (Å²) in [5, 5.41) is 2.74. The molecule has 1 aromatic rings. The molecule has 0 radical (unpaired) electrons. The Labute approximate surface area is 113 Å². The number of benzene rings is 1. The van der Waals surface area contributed by atoms with Crippen LogP contribution in [0.5, 0.6) is 0 Å². The van der Waals surface area contributed by atoms with Gasteiger partial charge in [-0.05, 0) is 23.5 Å². The fraction of sp³-hybridized carbons (Fsp3) is 0.467. The molecule has 0 spiro atoms. The maximum atomic E-state index is 12.2. The lowest BCUT2D eigenvalue weighted by molar-refractivity contribution is -0.130. The van der Waals surface area contributed by atoms with Crippen LogP contribution in [0.3, 0.4) is 0 Å².